The second-order valence-electron chi connectivity index (χ2n) is 3.82. The number of carboxylic acids is 1. The Morgan fingerprint density at radius 3 is 2.62 bits per heavy atom. The van der Waals surface area contributed by atoms with Crippen molar-refractivity contribution in [1.29, 1.82) is 0 Å². The van der Waals surface area contributed by atoms with E-state index in [0.29, 0.717) is 0 Å². The smallest absolute Gasteiger partial charge is 0.326 e. The van der Waals surface area contributed by atoms with Crippen LogP contribution in [0.5, 0.6) is 0 Å². The minimum Gasteiger partial charge on any atom is -0.480 e. The van der Waals surface area contributed by atoms with Gasteiger partial charge in [0.1, 0.15) is 6.04 Å². The molecular formula is C9H16N2O5. The van der Waals surface area contributed by atoms with Crippen molar-refractivity contribution in [3.63, 3.8) is 0 Å². The number of likely N-dealkylation sites (N-methyl/N-ethyl adjacent to an activating group) is 1. The SMILES string of the molecule is CN(CCO)C(=O)N1C[C@H](O)C[C@H]1C(=O)O. The highest BCUT2D eigenvalue weighted by Crippen LogP contribution is 2.19. The Balaban J connectivity index is 2.70. The van der Waals surface area contributed by atoms with Crippen molar-refractivity contribution in [2.24, 2.45) is 0 Å². The number of nitrogens with zero attached hydrogens (tertiary/aromatic N) is 2. The van der Waals surface area contributed by atoms with Gasteiger partial charge in [0.15, 0.2) is 0 Å². The standard InChI is InChI=1S/C9H16N2O5/c1-10(2-3-12)9(16)11-5-6(13)4-7(11)8(14)15/h6-7,12-13H,2-5H2,1H3,(H,14,15)/t6-,7+/m1/s1. The lowest BCUT2D eigenvalue weighted by molar-refractivity contribution is -0.141. The Morgan fingerprint density at radius 2 is 2.12 bits per heavy atom. The van der Waals surface area contributed by atoms with Gasteiger partial charge in [0.2, 0.25) is 0 Å². The molecule has 7 heteroatoms. The Bertz CT molecular complexity index is 283. The fourth-order valence-electron chi connectivity index (χ4n) is 1.72. The summed E-state index contributed by atoms with van der Waals surface area (Å²) >= 11 is 0. The number of amides is 2. The summed E-state index contributed by atoms with van der Waals surface area (Å²) in [5, 5.41) is 26.9. The van der Waals surface area contributed by atoms with Gasteiger partial charge in [0.25, 0.3) is 0 Å². The number of urea groups is 1. The summed E-state index contributed by atoms with van der Waals surface area (Å²) in [6.45, 7) is -0.0281. The fourth-order valence-corrected chi connectivity index (χ4v) is 1.72. The van der Waals surface area contributed by atoms with Crippen LogP contribution in [-0.2, 0) is 4.79 Å². The second-order valence-corrected chi connectivity index (χ2v) is 3.82. The van der Waals surface area contributed by atoms with E-state index in [0.717, 1.165) is 4.90 Å². The zero-order valence-corrected chi connectivity index (χ0v) is 9.04. The van der Waals surface area contributed by atoms with Crippen LogP contribution in [0.3, 0.4) is 0 Å². The molecule has 1 fully saturated rings. The Kier molecular flexibility index (Phi) is 4.08. The van der Waals surface area contributed by atoms with Gasteiger partial charge in [-0.15, -0.1) is 0 Å². The average molecular weight is 232 g/mol. The number of likely N-dealkylation sites (tertiary alicyclic amines) is 1. The van der Waals surface area contributed by atoms with E-state index in [2.05, 4.69) is 0 Å². The molecule has 0 bridgehead atoms. The molecular weight excluding hydrogens is 216 g/mol. The van der Waals surface area contributed by atoms with Crippen molar-refractivity contribution in [3.05, 3.63) is 0 Å². The molecule has 1 heterocycles. The summed E-state index contributed by atoms with van der Waals surface area (Å²) in [6.07, 6.45) is -0.749. The van der Waals surface area contributed by atoms with E-state index in [-0.39, 0.29) is 26.1 Å². The van der Waals surface area contributed by atoms with Crippen molar-refractivity contribution in [3.8, 4) is 0 Å². The topological polar surface area (TPSA) is 101 Å². The van der Waals surface area contributed by atoms with Crippen LogP contribution in [0, 0.1) is 0 Å². The molecule has 0 saturated carbocycles. The maximum absolute atomic E-state index is 11.8. The van der Waals surface area contributed by atoms with Gasteiger partial charge in [-0.05, 0) is 0 Å². The molecule has 1 rings (SSSR count). The van der Waals surface area contributed by atoms with Crippen LogP contribution in [0.2, 0.25) is 0 Å². The van der Waals surface area contributed by atoms with Gasteiger partial charge in [-0.25, -0.2) is 9.59 Å². The molecule has 1 saturated heterocycles. The van der Waals surface area contributed by atoms with Gasteiger partial charge >= 0.3 is 12.0 Å². The van der Waals surface area contributed by atoms with Gasteiger partial charge < -0.3 is 25.1 Å². The number of aliphatic carboxylic acids is 1. The summed E-state index contributed by atoms with van der Waals surface area (Å²) in [5.41, 5.74) is 0. The number of rotatable bonds is 3. The lowest BCUT2D eigenvalue weighted by Gasteiger charge is -2.26. The third-order valence-corrected chi connectivity index (χ3v) is 2.57. The molecule has 0 unspecified atom stereocenters. The first-order valence-corrected chi connectivity index (χ1v) is 5.00. The van der Waals surface area contributed by atoms with E-state index < -0.39 is 24.1 Å². The molecule has 0 aliphatic carbocycles. The number of carbonyl (C=O) groups is 2. The highest BCUT2D eigenvalue weighted by Gasteiger charge is 2.39. The van der Waals surface area contributed by atoms with Crippen LogP contribution >= 0.6 is 0 Å². The molecule has 1 aliphatic rings. The maximum Gasteiger partial charge on any atom is 0.326 e. The summed E-state index contributed by atoms with van der Waals surface area (Å²) in [5.74, 6) is -1.12. The van der Waals surface area contributed by atoms with Crippen LogP contribution in [-0.4, -0.2) is 76.0 Å². The van der Waals surface area contributed by atoms with E-state index >= 15 is 0 Å². The van der Waals surface area contributed by atoms with E-state index in [4.69, 9.17) is 10.2 Å². The van der Waals surface area contributed by atoms with E-state index in [1.165, 1.54) is 11.9 Å². The highest BCUT2D eigenvalue weighted by atomic mass is 16.4. The minimum atomic E-state index is -1.12. The average Bonchev–Trinajstić information content (AvgIpc) is 2.59. The van der Waals surface area contributed by atoms with Crippen LogP contribution in [0.15, 0.2) is 0 Å². The van der Waals surface area contributed by atoms with Crippen molar-refractivity contribution in [2.45, 2.75) is 18.6 Å². The van der Waals surface area contributed by atoms with E-state index in [1.54, 1.807) is 0 Å². The van der Waals surface area contributed by atoms with Crippen molar-refractivity contribution >= 4 is 12.0 Å². The summed E-state index contributed by atoms with van der Waals surface area (Å²) in [4.78, 5) is 25.0. The largest absolute Gasteiger partial charge is 0.480 e. The molecule has 1 aliphatic heterocycles. The first kappa shape index (κ1) is 12.7. The van der Waals surface area contributed by atoms with Crippen LogP contribution in [0.1, 0.15) is 6.42 Å². The van der Waals surface area contributed by atoms with Gasteiger partial charge in [0.05, 0.1) is 12.7 Å². The molecule has 0 radical (unpaired) electrons. The molecule has 92 valence electrons. The maximum atomic E-state index is 11.8. The normalized spacial score (nSPS) is 24.6. The number of aliphatic hydroxyl groups is 2. The van der Waals surface area contributed by atoms with Gasteiger partial charge in [-0.1, -0.05) is 0 Å². The third-order valence-electron chi connectivity index (χ3n) is 2.57. The molecule has 0 aromatic carbocycles. The molecule has 16 heavy (non-hydrogen) atoms. The van der Waals surface area contributed by atoms with Gasteiger partial charge in [0, 0.05) is 26.6 Å². The molecule has 0 aromatic heterocycles. The third kappa shape index (κ3) is 2.61. The summed E-state index contributed by atoms with van der Waals surface area (Å²) < 4.78 is 0. The molecule has 0 spiro atoms. The number of carbonyl (C=O) groups excluding carboxylic acids is 1. The number of aliphatic hydroxyl groups excluding tert-OH is 2. The predicted molar refractivity (Wildman–Crippen MR) is 53.9 cm³/mol. The highest BCUT2D eigenvalue weighted by molar-refractivity contribution is 5.83. The van der Waals surface area contributed by atoms with Crippen molar-refractivity contribution in [2.75, 3.05) is 26.7 Å². The minimum absolute atomic E-state index is 0.0194. The lowest BCUT2D eigenvalue weighted by atomic mass is 10.2. The first-order valence-electron chi connectivity index (χ1n) is 5.00. The zero-order chi connectivity index (χ0) is 12.3. The Hall–Kier alpha value is -1.34. The zero-order valence-electron chi connectivity index (χ0n) is 9.04. The van der Waals surface area contributed by atoms with Gasteiger partial charge in [-0.2, -0.15) is 0 Å². The van der Waals surface area contributed by atoms with E-state index in [9.17, 15) is 14.7 Å². The quantitative estimate of drug-likeness (QED) is 0.552. The predicted octanol–water partition coefficient (Wildman–Crippen LogP) is -1.45. The summed E-state index contributed by atoms with van der Waals surface area (Å²) in [6, 6.07) is -1.47. The van der Waals surface area contributed by atoms with Gasteiger partial charge in [-0.3, -0.25) is 0 Å². The molecule has 3 N–H and O–H groups in total. The summed E-state index contributed by atoms with van der Waals surface area (Å²) in [7, 11) is 1.47. The first-order chi connectivity index (χ1) is 7.47. The van der Waals surface area contributed by atoms with Crippen molar-refractivity contribution < 1.29 is 24.9 Å². The second kappa shape index (κ2) is 5.13. The van der Waals surface area contributed by atoms with E-state index in [1.807, 2.05) is 0 Å². The molecule has 7 nitrogen and oxygen atoms in total. The van der Waals surface area contributed by atoms with Crippen LogP contribution in [0.4, 0.5) is 4.79 Å². The van der Waals surface area contributed by atoms with Crippen LogP contribution in [0.25, 0.3) is 0 Å². The molecule has 2 atom stereocenters. The number of carboxylic acid groups (broad SMARTS) is 1. The van der Waals surface area contributed by atoms with Crippen LogP contribution < -0.4 is 0 Å². The molecule has 0 aromatic rings. The lowest BCUT2D eigenvalue weighted by Crippen LogP contribution is -2.47. The fraction of sp³-hybridized carbons (Fsp3) is 0.778. The number of hydrogen-bond donors (Lipinski definition) is 3. The monoisotopic (exact) mass is 232 g/mol. The van der Waals surface area contributed by atoms with Crippen molar-refractivity contribution in [1.82, 2.24) is 9.80 Å². The number of β-amino-alcohol motifs (C(OH)–C–C–N with tert-alkyl or cyclic N) is 1. The number of hydrogen-bond acceptors (Lipinski definition) is 4. The molecule has 2 amide bonds. The Labute approximate surface area is 92.9 Å². The Morgan fingerprint density at radius 1 is 1.50 bits per heavy atom.